The predicted molar refractivity (Wildman–Crippen MR) is 76.1 cm³/mol. The molecule has 1 atom stereocenters. The van der Waals surface area contributed by atoms with E-state index in [9.17, 15) is 13.6 Å². The second-order valence-corrected chi connectivity index (χ2v) is 5.03. The normalized spacial score (nSPS) is 12.0. The molecule has 0 bridgehead atoms. The Labute approximate surface area is 126 Å². The molecule has 6 heteroatoms. The van der Waals surface area contributed by atoms with Gasteiger partial charge in [-0.25, -0.2) is 8.78 Å². The summed E-state index contributed by atoms with van der Waals surface area (Å²) in [5, 5.41) is -0.355. The maximum absolute atomic E-state index is 13.8. The molecule has 0 fully saturated rings. The highest BCUT2D eigenvalue weighted by atomic mass is 35.5. The van der Waals surface area contributed by atoms with Crippen LogP contribution >= 0.6 is 11.6 Å². The molecule has 0 N–H and O–H groups in total. The molecule has 1 aromatic carbocycles. The largest absolute Gasteiger partial charge is 0.335 e. The summed E-state index contributed by atoms with van der Waals surface area (Å²) in [5.74, 6) is -2.31. The zero-order valence-electron chi connectivity index (χ0n) is 11.5. The van der Waals surface area contributed by atoms with Crippen LogP contribution < -0.4 is 0 Å². The van der Waals surface area contributed by atoms with Gasteiger partial charge in [0.05, 0.1) is 16.6 Å². The summed E-state index contributed by atoms with van der Waals surface area (Å²) < 4.78 is 27.2. The molecule has 2 rings (SSSR count). The Morgan fingerprint density at radius 1 is 1.33 bits per heavy atom. The smallest absolute Gasteiger partial charge is 0.257 e. The van der Waals surface area contributed by atoms with Gasteiger partial charge in [-0.15, -0.1) is 0 Å². The van der Waals surface area contributed by atoms with Crippen LogP contribution in [0.15, 0.2) is 36.7 Å². The SMILES string of the molecule is CC(c1cccnc1)N(C)C(=O)c1cc(F)c(Cl)cc1F. The number of pyridine rings is 1. The van der Waals surface area contributed by atoms with E-state index in [1.807, 2.05) is 0 Å². The lowest BCUT2D eigenvalue weighted by Gasteiger charge is -2.25. The highest BCUT2D eigenvalue weighted by molar-refractivity contribution is 6.30. The summed E-state index contributed by atoms with van der Waals surface area (Å²) in [4.78, 5) is 17.6. The van der Waals surface area contributed by atoms with Crippen molar-refractivity contribution >= 4 is 17.5 Å². The van der Waals surface area contributed by atoms with E-state index in [1.54, 1.807) is 31.5 Å². The zero-order chi connectivity index (χ0) is 15.6. The molecule has 0 saturated carbocycles. The topological polar surface area (TPSA) is 33.2 Å². The van der Waals surface area contributed by atoms with Crippen molar-refractivity contribution in [3.05, 3.63) is 64.4 Å². The van der Waals surface area contributed by atoms with Crippen molar-refractivity contribution in [1.29, 1.82) is 0 Å². The fourth-order valence-electron chi connectivity index (χ4n) is 1.90. The number of carbonyl (C=O) groups is 1. The predicted octanol–water partition coefficient (Wildman–Crippen LogP) is 3.85. The van der Waals surface area contributed by atoms with Gasteiger partial charge < -0.3 is 4.90 Å². The maximum atomic E-state index is 13.8. The third-order valence-corrected chi connectivity index (χ3v) is 3.60. The second kappa shape index (κ2) is 6.18. The number of nitrogens with zero attached hydrogens (tertiary/aromatic N) is 2. The van der Waals surface area contributed by atoms with Gasteiger partial charge in [-0.3, -0.25) is 9.78 Å². The van der Waals surface area contributed by atoms with Crippen molar-refractivity contribution in [1.82, 2.24) is 9.88 Å². The van der Waals surface area contributed by atoms with Gasteiger partial charge in [0, 0.05) is 19.4 Å². The van der Waals surface area contributed by atoms with Gasteiger partial charge in [0.15, 0.2) is 0 Å². The van der Waals surface area contributed by atoms with Crippen LogP contribution in [0.3, 0.4) is 0 Å². The standard InChI is InChI=1S/C15H13ClF2N2O/c1-9(10-4-3-5-19-8-10)20(2)15(21)11-6-14(18)12(16)7-13(11)17/h3-9H,1-2H3. The number of aromatic nitrogens is 1. The molecule has 1 amide bonds. The first-order valence-corrected chi connectivity index (χ1v) is 6.61. The van der Waals surface area contributed by atoms with E-state index in [2.05, 4.69) is 4.98 Å². The number of benzene rings is 1. The lowest BCUT2D eigenvalue weighted by atomic mass is 10.1. The summed E-state index contributed by atoms with van der Waals surface area (Å²) in [6.45, 7) is 1.78. The van der Waals surface area contributed by atoms with Crippen LogP contribution in [-0.2, 0) is 0 Å². The van der Waals surface area contributed by atoms with Gasteiger partial charge in [0.2, 0.25) is 0 Å². The molecule has 0 aliphatic carbocycles. The number of rotatable bonds is 3. The third-order valence-electron chi connectivity index (χ3n) is 3.31. The first-order chi connectivity index (χ1) is 9.91. The Hall–Kier alpha value is -2.01. The third kappa shape index (κ3) is 3.19. The molecule has 0 spiro atoms. The minimum absolute atomic E-state index is 0.329. The van der Waals surface area contributed by atoms with Crippen molar-refractivity contribution in [2.45, 2.75) is 13.0 Å². The zero-order valence-corrected chi connectivity index (χ0v) is 12.2. The molecule has 0 aliphatic rings. The Kier molecular flexibility index (Phi) is 4.53. The van der Waals surface area contributed by atoms with Crippen molar-refractivity contribution in [3.63, 3.8) is 0 Å². The highest BCUT2D eigenvalue weighted by Crippen LogP contribution is 2.24. The summed E-state index contributed by atoms with van der Waals surface area (Å²) in [7, 11) is 1.52. The minimum atomic E-state index is -0.850. The van der Waals surface area contributed by atoms with Crippen molar-refractivity contribution in [2.24, 2.45) is 0 Å². The van der Waals surface area contributed by atoms with Crippen LogP contribution in [0.5, 0.6) is 0 Å². The van der Waals surface area contributed by atoms with Crippen molar-refractivity contribution in [2.75, 3.05) is 7.05 Å². The van der Waals surface area contributed by atoms with Crippen LogP contribution in [0, 0.1) is 11.6 Å². The number of hydrogen-bond donors (Lipinski definition) is 0. The van der Waals surface area contributed by atoms with E-state index in [4.69, 9.17) is 11.6 Å². The molecule has 110 valence electrons. The summed E-state index contributed by atoms with van der Waals surface area (Å²) in [5.41, 5.74) is 0.443. The number of amides is 1. The average molecular weight is 311 g/mol. The van der Waals surface area contributed by atoms with Gasteiger partial charge in [-0.05, 0) is 30.7 Å². The lowest BCUT2D eigenvalue weighted by Crippen LogP contribution is -2.30. The number of carbonyl (C=O) groups excluding carboxylic acids is 1. The molecule has 21 heavy (non-hydrogen) atoms. The van der Waals surface area contributed by atoms with Gasteiger partial charge >= 0.3 is 0 Å². The monoisotopic (exact) mass is 310 g/mol. The molecule has 1 aromatic heterocycles. The molecule has 0 saturated heterocycles. The quantitative estimate of drug-likeness (QED) is 0.807. The highest BCUT2D eigenvalue weighted by Gasteiger charge is 2.23. The van der Waals surface area contributed by atoms with Gasteiger partial charge in [-0.2, -0.15) is 0 Å². The second-order valence-electron chi connectivity index (χ2n) is 4.62. The van der Waals surface area contributed by atoms with Crippen LogP contribution in [-0.4, -0.2) is 22.8 Å². The minimum Gasteiger partial charge on any atom is -0.335 e. The Balaban J connectivity index is 2.30. The maximum Gasteiger partial charge on any atom is 0.257 e. The fraction of sp³-hybridized carbons (Fsp3) is 0.200. The molecule has 1 unspecified atom stereocenters. The average Bonchev–Trinajstić information content (AvgIpc) is 2.49. The molecule has 0 radical (unpaired) electrons. The summed E-state index contributed by atoms with van der Waals surface area (Å²) in [6, 6.07) is 4.83. The number of halogens is 3. The van der Waals surface area contributed by atoms with E-state index in [1.165, 1.54) is 11.9 Å². The van der Waals surface area contributed by atoms with E-state index in [0.29, 0.717) is 0 Å². The first kappa shape index (κ1) is 15.4. The Morgan fingerprint density at radius 2 is 2.05 bits per heavy atom. The summed E-state index contributed by atoms with van der Waals surface area (Å²) >= 11 is 5.48. The Morgan fingerprint density at radius 3 is 2.67 bits per heavy atom. The van der Waals surface area contributed by atoms with Crippen LogP contribution in [0.4, 0.5) is 8.78 Å². The fourth-order valence-corrected chi connectivity index (χ4v) is 2.05. The summed E-state index contributed by atoms with van der Waals surface area (Å²) in [6.07, 6.45) is 3.24. The van der Waals surface area contributed by atoms with Gasteiger partial charge in [0.1, 0.15) is 11.6 Å². The number of hydrogen-bond acceptors (Lipinski definition) is 2. The van der Waals surface area contributed by atoms with Crippen LogP contribution in [0.2, 0.25) is 5.02 Å². The lowest BCUT2D eigenvalue weighted by molar-refractivity contribution is 0.0737. The van der Waals surface area contributed by atoms with Crippen molar-refractivity contribution in [3.8, 4) is 0 Å². The van der Waals surface area contributed by atoms with E-state index in [0.717, 1.165) is 17.7 Å². The van der Waals surface area contributed by atoms with Crippen LogP contribution in [0.1, 0.15) is 28.9 Å². The first-order valence-electron chi connectivity index (χ1n) is 6.23. The molecule has 2 aromatic rings. The molecule has 0 aliphatic heterocycles. The molecular weight excluding hydrogens is 298 g/mol. The molecular formula is C15H13ClF2N2O. The van der Waals surface area contributed by atoms with Crippen LogP contribution in [0.25, 0.3) is 0 Å². The van der Waals surface area contributed by atoms with Gasteiger partial charge in [-0.1, -0.05) is 17.7 Å². The molecule has 1 heterocycles. The van der Waals surface area contributed by atoms with Crippen molar-refractivity contribution < 1.29 is 13.6 Å². The van der Waals surface area contributed by atoms with E-state index < -0.39 is 17.5 Å². The van der Waals surface area contributed by atoms with Gasteiger partial charge in [0.25, 0.3) is 5.91 Å². The molecule has 3 nitrogen and oxygen atoms in total. The van der Waals surface area contributed by atoms with E-state index in [-0.39, 0.29) is 16.6 Å². The van der Waals surface area contributed by atoms with E-state index >= 15 is 0 Å². The Bertz CT molecular complexity index is 664.